The fourth-order valence-electron chi connectivity index (χ4n) is 2.88. The van der Waals surface area contributed by atoms with Crippen molar-refractivity contribution in [2.45, 2.75) is 25.3 Å². The molecule has 1 unspecified atom stereocenters. The second-order valence-corrected chi connectivity index (χ2v) is 5.59. The quantitative estimate of drug-likeness (QED) is 0.797. The van der Waals surface area contributed by atoms with Gasteiger partial charge in [-0.15, -0.1) is 0 Å². The zero-order valence-electron chi connectivity index (χ0n) is 10.8. The Morgan fingerprint density at radius 2 is 2.00 bits per heavy atom. The average Bonchev–Trinajstić information content (AvgIpc) is 2.42. The van der Waals surface area contributed by atoms with Crippen molar-refractivity contribution in [3.8, 4) is 0 Å². The lowest BCUT2D eigenvalue weighted by Crippen LogP contribution is -2.61. The first-order valence-corrected chi connectivity index (χ1v) is 7.01. The van der Waals surface area contributed by atoms with Crippen LogP contribution in [0.25, 0.3) is 0 Å². The minimum atomic E-state index is -0.515. The maximum absolute atomic E-state index is 13.4. The first-order valence-electron chi connectivity index (χ1n) is 6.63. The number of piperidine rings is 1. The topological polar surface area (TPSA) is 40.6 Å². The minimum Gasteiger partial charge on any atom is -0.329 e. The molecule has 20 heavy (non-hydrogen) atoms. The number of carbonyl (C=O) groups excluding carboxylic acids is 2. The van der Waals surface area contributed by atoms with Gasteiger partial charge in [-0.1, -0.05) is 11.6 Å². The summed E-state index contributed by atoms with van der Waals surface area (Å²) in [6.45, 7) is 0.585. The lowest BCUT2D eigenvalue weighted by molar-refractivity contribution is -0.144. The summed E-state index contributed by atoms with van der Waals surface area (Å²) in [6.07, 6.45) is 2.53. The first kappa shape index (κ1) is 13.4. The third-order valence-electron chi connectivity index (χ3n) is 3.83. The highest BCUT2D eigenvalue weighted by atomic mass is 35.5. The first-order chi connectivity index (χ1) is 9.56. The van der Waals surface area contributed by atoms with Gasteiger partial charge in [0.15, 0.2) is 0 Å². The highest BCUT2D eigenvalue weighted by Gasteiger charge is 2.40. The van der Waals surface area contributed by atoms with E-state index in [0.29, 0.717) is 18.7 Å². The number of nitrogens with zero attached hydrogens (tertiary/aromatic N) is 2. The second-order valence-electron chi connectivity index (χ2n) is 5.15. The number of carbonyl (C=O) groups is 2. The zero-order chi connectivity index (χ0) is 14.3. The van der Waals surface area contributed by atoms with Crippen LogP contribution in [0.4, 0.5) is 10.1 Å². The number of hydrogen-bond acceptors (Lipinski definition) is 2. The lowest BCUT2D eigenvalue weighted by Gasteiger charge is -2.42. The SMILES string of the molecule is O=C1C2CCCCN2C(=O)CN1c1cc(F)cc(Cl)c1. The Morgan fingerprint density at radius 1 is 1.20 bits per heavy atom. The van der Waals surface area contributed by atoms with E-state index in [9.17, 15) is 14.0 Å². The van der Waals surface area contributed by atoms with Gasteiger partial charge < -0.3 is 9.80 Å². The molecule has 2 amide bonds. The van der Waals surface area contributed by atoms with E-state index in [1.54, 1.807) is 4.90 Å². The van der Waals surface area contributed by atoms with E-state index >= 15 is 0 Å². The predicted molar refractivity (Wildman–Crippen MR) is 73.1 cm³/mol. The Hall–Kier alpha value is -1.62. The predicted octanol–water partition coefficient (Wildman–Crippen LogP) is 2.21. The van der Waals surface area contributed by atoms with Crippen molar-refractivity contribution < 1.29 is 14.0 Å². The van der Waals surface area contributed by atoms with Gasteiger partial charge in [0.2, 0.25) is 11.8 Å². The maximum atomic E-state index is 13.4. The molecule has 2 saturated heterocycles. The third-order valence-corrected chi connectivity index (χ3v) is 4.04. The van der Waals surface area contributed by atoms with Gasteiger partial charge in [0.1, 0.15) is 18.4 Å². The fourth-order valence-corrected chi connectivity index (χ4v) is 3.10. The molecule has 0 spiro atoms. The summed E-state index contributed by atoms with van der Waals surface area (Å²) < 4.78 is 13.4. The molecule has 2 fully saturated rings. The molecule has 1 aromatic carbocycles. The summed E-state index contributed by atoms with van der Waals surface area (Å²) in [6, 6.07) is 3.50. The van der Waals surface area contributed by atoms with Gasteiger partial charge in [0.05, 0.1) is 0 Å². The Labute approximate surface area is 121 Å². The van der Waals surface area contributed by atoms with E-state index in [4.69, 9.17) is 11.6 Å². The Kier molecular flexibility index (Phi) is 3.38. The monoisotopic (exact) mass is 296 g/mol. The van der Waals surface area contributed by atoms with Crippen molar-refractivity contribution in [3.05, 3.63) is 29.0 Å². The summed E-state index contributed by atoms with van der Waals surface area (Å²) in [7, 11) is 0. The molecule has 0 aliphatic carbocycles. The van der Waals surface area contributed by atoms with Crippen LogP contribution in [0.15, 0.2) is 18.2 Å². The van der Waals surface area contributed by atoms with Crippen molar-refractivity contribution in [2.75, 3.05) is 18.0 Å². The number of hydrogen-bond donors (Lipinski definition) is 0. The number of benzene rings is 1. The number of anilines is 1. The number of piperazine rings is 1. The van der Waals surface area contributed by atoms with Crippen molar-refractivity contribution in [1.82, 2.24) is 4.90 Å². The molecule has 0 saturated carbocycles. The molecule has 0 N–H and O–H groups in total. The molecule has 0 aromatic heterocycles. The van der Waals surface area contributed by atoms with Gasteiger partial charge in [-0.05, 0) is 37.5 Å². The third kappa shape index (κ3) is 2.26. The van der Waals surface area contributed by atoms with Crippen LogP contribution >= 0.6 is 11.6 Å². The van der Waals surface area contributed by atoms with Crippen molar-refractivity contribution in [3.63, 3.8) is 0 Å². The van der Waals surface area contributed by atoms with E-state index in [-0.39, 0.29) is 23.4 Å². The standard InChI is InChI=1S/C14H14ClFN2O2/c15-9-5-10(16)7-11(6-9)18-8-13(19)17-4-2-1-3-12(17)14(18)20/h5-7,12H,1-4,8H2. The number of rotatable bonds is 1. The largest absolute Gasteiger partial charge is 0.329 e. The van der Waals surface area contributed by atoms with Gasteiger partial charge >= 0.3 is 0 Å². The van der Waals surface area contributed by atoms with Crippen LogP contribution in [-0.2, 0) is 9.59 Å². The molecular formula is C14H14ClFN2O2. The summed E-state index contributed by atoms with van der Waals surface area (Å²) in [4.78, 5) is 27.6. The van der Waals surface area contributed by atoms with E-state index < -0.39 is 11.9 Å². The molecule has 6 heteroatoms. The van der Waals surface area contributed by atoms with Crippen LogP contribution in [0, 0.1) is 5.82 Å². The molecule has 2 heterocycles. The minimum absolute atomic E-state index is 0.0465. The molecule has 4 nitrogen and oxygen atoms in total. The molecule has 106 valence electrons. The van der Waals surface area contributed by atoms with Crippen molar-refractivity contribution in [1.29, 1.82) is 0 Å². The van der Waals surface area contributed by atoms with Crippen molar-refractivity contribution in [2.24, 2.45) is 0 Å². The smallest absolute Gasteiger partial charge is 0.250 e. The Balaban J connectivity index is 1.94. The Bertz CT molecular complexity index is 558. The Morgan fingerprint density at radius 3 is 2.75 bits per heavy atom. The zero-order valence-corrected chi connectivity index (χ0v) is 11.6. The molecule has 2 aliphatic heterocycles. The number of fused-ring (bicyclic) bond motifs is 1. The van der Waals surface area contributed by atoms with E-state index in [2.05, 4.69) is 0 Å². The molecule has 3 rings (SSSR count). The van der Waals surface area contributed by atoms with Crippen LogP contribution < -0.4 is 4.90 Å². The molecule has 1 atom stereocenters. The van der Waals surface area contributed by atoms with Gasteiger partial charge in [0, 0.05) is 17.3 Å². The van der Waals surface area contributed by atoms with Crippen LogP contribution in [0.2, 0.25) is 5.02 Å². The number of halogens is 2. The van der Waals surface area contributed by atoms with Crippen LogP contribution in [0.5, 0.6) is 0 Å². The summed E-state index contributed by atoms with van der Waals surface area (Å²) in [5.74, 6) is -0.750. The van der Waals surface area contributed by atoms with Crippen LogP contribution in [0.3, 0.4) is 0 Å². The molecule has 2 aliphatic rings. The lowest BCUT2D eigenvalue weighted by atomic mass is 9.98. The van der Waals surface area contributed by atoms with Gasteiger partial charge in [0.25, 0.3) is 0 Å². The van der Waals surface area contributed by atoms with Gasteiger partial charge in [-0.25, -0.2) is 4.39 Å². The van der Waals surface area contributed by atoms with E-state index in [0.717, 1.165) is 12.8 Å². The van der Waals surface area contributed by atoms with Crippen molar-refractivity contribution >= 4 is 29.1 Å². The molecule has 0 bridgehead atoms. The van der Waals surface area contributed by atoms with Crippen LogP contribution in [0.1, 0.15) is 19.3 Å². The van der Waals surface area contributed by atoms with E-state index in [1.807, 2.05) is 0 Å². The second kappa shape index (κ2) is 5.05. The normalized spacial score (nSPS) is 23.0. The summed E-state index contributed by atoms with van der Waals surface area (Å²) in [5.41, 5.74) is 0.346. The average molecular weight is 297 g/mol. The van der Waals surface area contributed by atoms with Crippen LogP contribution in [-0.4, -0.2) is 35.8 Å². The summed E-state index contributed by atoms with van der Waals surface area (Å²) >= 11 is 5.82. The highest BCUT2D eigenvalue weighted by Crippen LogP contribution is 2.28. The summed E-state index contributed by atoms with van der Waals surface area (Å²) in [5, 5.41) is 0.214. The molecule has 1 aromatic rings. The molecular weight excluding hydrogens is 283 g/mol. The molecule has 0 radical (unpaired) electrons. The number of amides is 2. The highest BCUT2D eigenvalue weighted by molar-refractivity contribution is 6.31. The van der Waals surface area contributed by atoms with E-state index in [1.165, 1.54) is 23.1 Å². The van der Waals surface area contributed by atoms with Gasteiger partial charge in [-0.2, -0.15) is 0 Å². The fraction of sp³-hybridized carbons (Fsp3) is 0.429. The van der Waals surface area contributed by atoms with Gasteiger partial charge in [-0.3, -0.25) is 9.59 Å². The maximum Gasteiger partial charge on any atom is 0.250 e.